The van der Waals surface area contributed by atoms with Crippen LogP contribution in [-0.2, 0) is 6.42 Å². The van der Waals surface area contributed by atoms with E-state index in [2.05, 4.69) is 76.6 Å². The molecule has 0 atom stereocenters. The van der Waals surface area contributed by atoms with Crippen molar-refractivity contribution in [1.82, 2.24) is 19.5 Å². The summed E-state index contributed by atoms with van der Waals surface area (Å²) in [5.74, 6) is 0.715. The van der Waals surface area contributed by atoms with Crippen LogP contribution < -0.4 is 5.32 Å². The minimum absolute atomic E-state index is 0.715. The fourth-order valence-electron chi connectivity index (χ4n) is 3.17. The minimum atomic E-state index is 0.715. The summed E-state index contributed by atoms with van der Waals surface area (Å²) in [6, 6.07) is 16.8. The summed E-state index contributed by atoms with van der Waals surface area (Å²) in [5, 5.41) is 3.38. The molecule has 5 heteroatoms. The van der Waals surface area contributed by atoms with Gasteiger partial charge in [-0.25, -0.2) is 15.0 Å². The first kappa shape index (κ1) is 17.2. The molecule has 2 heterocycles. The SMILES string of the molecule is CCCCc1ccc(Nc2ncnc3c2ncn3-c2cccc(C)c2)cc1. The van der Waals surface area contributed by atoms with Gasteiger partial charge in [-0.05, 0) is 55.2 Å². The van der Waals surface area contributed by atoms with E-state index >= 15 is 0 Å². The van der Waals surface area contributed by atoms with Crippen LogP contribution in [0.3, 0.4) is 0 Å². The number of unbranched alkanes of at least 4 members (excludes halogenated alkanes) is 1. The predicted octanol–water partition coefficient (Wildman–Crippen LogP) is 5.21. The number of aromatic nitrogens is 4. The molecule has 136 valence electrons. The molecule has 2 aromatic heterocycles. The molecule has 1 N–H and O–H groups in total. The van der Waals surface area contributed by atoms with Crippen molar-refractivity contribution in [2.45, 2.75) is 33.1 Å². The van der Waals surface area contributed by atoms with Gasteiger partial charge >= 0.3 is 0 Å². The molecule has 0 saturated heterocycles. The molecule has 0 fully saturated rings. The molecule has 0 spiro atoms. The Kier molecular flexibility index (Phi) is 4.83. The van der Waals surface area contributed by atoms with Crippen molar-refractivity contribution in [1.29, 1.82) is 0 Å². The summed E-state index contributed by atoms with van der Waals surface area (Å²) in [6.45, 7) is 4.29. The lowest BCUT2D eigenvalue weighted by Crippen LogP contribution is -1.98. The normalized spacial score (nSPS) is 11.0. The van der Waals surface area contributed by atoms with E-state index in [1.807, 2.05) is 10.6 Å². The standard InChI is InChI=1S/C22H23N5/c1-3-4-7-17-9-11-18(12-10-17)26-21-20-22(24-14-23-21)27(15-25-20)19-8-5-6-16(2)13-19/h5-6,8-15H,3-4,7H2,1-2H3,(H,23,24,26). The van der Waals surface area contributed by atoms with E-state index in [1.54, 1.807) is 12.7 Å². The van der Waals surface area contributed by atoms with Gasteiger partial charge in [-0.15, -0.1) is 0 Å². The second kappa shape index (κ2) is 7.58. The van der Waals surface area contributed by atoms with Gasteiger partial charge < -0.3 is 5.32 Å². The molecule has 0 unspecified atom stereocenters. The topological polar surface area (TPSA) is 55.6 Å². The maximum atomic E-state index is 4.55. The second-order valence-electron chi connectivity index (χ2n) is 6.77. The van der Waals surface area contributed by atoms with E-state index in [-0.39, 0.29) is 0 Å². The minimum Gasteiger partial charge on any atom is -0.338 e. The first-order valence-corrected chi connectivity index (χ1v) is 9.35. The summed E-state index contributed by atoms with van der Waals surface area (Å²) >= 11 is 0. The molecular formula is C22H23N5. The van der Waals surface area contributed by atoms with Crippen molar-refractivity contribution in [3.63, 3.8) is 0 Å². The van der Waals surface area contributed by atoms with Gasteiger partial charge in [-0.1, -0.05) is 37.6 Å². The number of anilines is 2. The predicted molar refractivity (Wildman–Crippen MR) is 110 cm³/mol. The van der Waals surface area contributed by atoms with Gasteiger partial charge in [-0.3, -0.25) is 4.57 Å². The monoisotopic (exact) mass is 357 g/mol. The van der Waals surface area contributed by atoms with Gasteiger partial charge in [0.1, 0.15) is 12.7 Å². The molecule has 0 saturated carbocycles. The molecular weight excluding hydrogens is 334 g/mol. The van der Waals surface area contributed by atoms with Crippen LogP contribution >= 0.6 is 0 Å². The average molecular weight is 357 g/mol. The summed E-state index contributed by atoms with van der Waals surface area (Å²) in [4.78, 5) is 13.4. The third kappa shape index (κ3) is 3.67. The highest BCUT2D eigenvalue weighted by Gasteiger charge is 2.11. The highest BCUT2D eigenvalue weighted by atomic mass is 15.1. The highest BCUT2D eigenvalue weighted by molar-refractivity contribution is 5.86. The Morgan fingerprint density at radius 2 is 1.85 bits per heavy atom. The van der Waals surface area contributed by atoms with Crippen molar-refractivity contribution < 1.29 is 0 Å². The van der Waals surface area contributed by atoms with Crippen LogP contribution in [-0.4, -0.2) is 19.5 Å². The number of hydrogen-bond donors (Lipinski definition) is 1. The molecule has 0 amide bonds. The molecule has 4 aromatic rings. The van der Waals surface area contributed by atoms with Gasteiger partial charge in [0, 0.05) is 11.4 Å². The highest BCUT2D eigenvalue weighted by Crippen LogP contribution is 2.24. The smallest absolute Gasteiger partial charge is 0.170 e. The van der Waals surface area contributed by atoms with Crippen LogP contribution in [0.2, 0.25) is 0 Å². The fourth-order valence-corrected chi connectivity index (χ4v) is 3.17. The van der Waals surface area contributed by atoms with Gasteiger partial charge in [0.05, 0.1) is 0 Å². The van der Waals surface area contributed by atoms with Crippen molar-refractivity contribution in [2.24, 2.45) is 0 Å². The molecule has 2 aromatic carbocycles. The van der Waals surface area contributed by atoms with E-state index < -0.39 is 0 Å². The van der Waals surface area contributed by atoms with Crippen molar-refractivity contribution in [2.75, 3.05) is 5.32 Å². The largest absolute Gasteiger partial charge is 0.338 e. The molecule has 0 bridgehead atoms. The van der Waals surface area contributed by atoms with E-state index in [0.29, 0.717) is 5.82 Å². The van der Waals surface area contributed by atoms with Crippen LogP contribution in [0.5, 0.6) is 0 Å². The molecule has 4 rings (SSSR count). The van der Waals surface area contributed by atoms with Gasteiger partial charge in [0.2, 0.25) is 0 Å². The second-order valence-corrected chi connectivity index (χ2v) is 6.77. The zero-order chi connectivity index (χ0) is 18.6. The van der Waals surface area contributed by atoms with Gasteiger partial charge in [0.25, 0.3) is 0 Å². The summed E-state index contributed by atoms with van der Waals surface area (Å²) < 4.78 is 1.99. The van der Waals surface area contributed by atoms with Crippen LogP contribution in [0, 0.1) is 6.92 Å². The Balaban J connectivity index is 1.63. The lowest BCUT2D eigenvalue weighted by molar-refractivity contribution is 0.795. The Bertz CT molecular complexity index is 1050. The molecule has 0 aliphatic heterocycles. The zero-order valence-corrected chi connectivity index (χ0v) is 15.7. The maximum absolute atomic E-state index is 4.55. The first-order chi connectivity index (χ1) is 13.2. The number of benzene rings is 2. The van der Waals surface area contributed by atoms with Crippen molar-refractivity contribution in [3.05, 3.63) is 72.3 Å². The van der Waals surface area contributed by atoms with Crippen molar-refractivity contribution in [3.8, 4) is 5.69 Å². The van der Waals surface area contributed by atoms with E-state index in [9.17, 15) is 0 Å². The lowest BCUT2D eigenvalue weighted by Gasteiger charge is -2.08. The lowest BCUT2D eigenvalue weighted by atomic mass is 10.1. The van der Waals surface area contributed by atoms with Crippen LogP contribution in [0.1, 0.15) is 30.9 Å². The Hall–Kier alpha value is -3.21. The fraction of sp³-hybridized carbons (Fsp3) is 0.227. The van der Waals surface area contributed by atoms with Crippen LogP contribution in [0.25, 0.3) is 16.9 Å². The molecule has 0 aliphatic carbocycles. The number of fused-ring (bicyclic) bond motifs is 1. The molecule has 0 radical (unpaired) electrons. The summed E-state index contributed by atoms with van der Waals surface area (Å²) in [6.07, 6.45) is 6.93. The third-order valence-corrected chi connectivity index (χ3v) is 4.65. The van der Waals surface area contributed by atoms with E-state index in [0.717, 1.165) is 29.0 Å². The molecule has 27 heavy (non-hydrogen) atoms. The summed E-state index contributed by atoms with van der Waals surface area (Å²) in [7, 11) is 0. The third-order valence-electron chi connectivity index (χ3n) is 4.65. The number of rotatable bonds is 6. The summed E-state index contributed by atoms with van der Waals surface area (Å²) in [5.41, 5.74) is 6.15. The van der Waals surface area contributed by atoms with Crippen LogP contribution in [0.4, 0.5) is 11.5 Å². The van der Waals surface area contributed by atoms with E-state index in [1.165, 1.54) is 24.0 Å². The number of aryl methyl sites for hydroxylation is 2. The van der Waals surface area contributed by atoms with Crippen molar-refractivity contribution >= 4 is 22.7 Å². The van der Waals surface area contributed by atoms with Crippen LogP contribution in [0.15, 0.2) is 61.2 Å². The van der Waals surface area contributed by atoms with E-state index in [4.69, 9.17) is 0 Å². The molecule has 0 aliphatic rings. The average Bonchev–Trinajstić information content (AvgIpc) is 3.13. The quantitative estimate of drug-likeness (QED) is 0.515. The molecule has 5 nitrogen and oxygen atoms in total. The Morgan fingerprint density at radius 3 is 2.63 bits per heavy atom. The number of nitrogens with one attached hydrogen (secondary N) is 1. The Labute approximate surface area is 159 Å². The number of nitrogens with zero attached hydrogens (tertiary/aromatic N) is 4. The number of imidazole rings is 1. The number of hydrogen-bond acceptors (Lipinski definition) is 4. The Morgan fingerprint density at radius 1 is 1.00 bits per heavy atom. The zero-order valence-electron chi connectivity index (χ0n) is 15.7. The maximum Gasteiger partial charge on any atom is 0.170 e. The first-order valence-electron chi connectivity index (χ1n) is 9.35. The van der Waals surface area contributed by atoms with Gasteiger partial charge in [0.15, 0.2) is 17.0 Å². The van der Waals surface area contributed by atoms with Gasteiger partial charge in [-0.2, -0.15) is 0 Å².